The molecule has 0 atom stereocenters. The SMILES string of the molecule is O=C1Nc2ccccc2C1=Cc1ccc(-c2cn(-c3ccccc3F)nn2)cc1. The molecule has 1 aromatic heterocycles. The Morgan fingerprint density at radius 1 is 0.931 bits per heavy atom. The highest BCUT2D eigenvalue weighted by molar-refractivity contribution is 6.34. The number of rotatable bonds is 3. The van der Waals surface area contributed by atoms with Crippen LogP contribution in [0.2, 0.25) is 0 Å². The first-order chi connectivity index (χ1) is 14.2. The van der Waals surface area contributed by atoms with Crippen LogP contribution in [0.4, 0.5) is 10.1 Å². The van der Waals surface area contributed by atoms with Crippen molar-refractivity contribution >= 4 is 23.2 Å². The van der Waals surface area contributed by atoms with Gasteiger partial charge in [-0.15, -0.1) is 5.10 Å². The minimum Gasteiger partial charge on any atom is -0.321 e. The number of nitrogens with zero attached hydrogens (tertiary/aromatic N) is 3. The zero-order valence-electron chi connectivity index (χ0n) is 15.2. The molecule has 3 aromatic carbocycles. The second-order valence-electron chi connectivity index (χ2n) is 6.68. The Morgan fingerprint density at radius 2 is 1.69 bits per heavy atom. The van der Waals surface area contributed by atoms with Gasteiger partial charge in [0, 0.05) is 22.4 Å². The average Bonchev–Trinajstić information content (AvgIpc) is 3.34. The van der Waals surface area contributed by atoms with Gasteiger partial charge in [0.2, 0.25) is 0 Å². The van der Waals surface area contributed by atoms with E-state index in [-0.39, 0.29) is 11.7 Å². The van der Waals surface area contributed by atoms with Crippen LogP contribution in [0, 0.1) is 5.82 Å². The number of para-hydroxylation sites is 2. The van der Waals surface area contributed by atoms with Gasteiger partial charge in [0.1, 0.15) is 17.2 Å². The summed E-state index contributed by atoms with van der Waals surface area (Å²) in [5.74, 6) is -0.468. The molecule has 6 heteroatoms. The van der Waals surface area contributed by atoms with E-state index in [0.717, 1.165) is 22.4 Å². The van der Waals surface area contributed by atoms with E-state index in [1.165, 1.54) is 10.7 Å². The molecule has 0 bridgehead atoms. The molecule has 5 rings (SSSR count). The highest BCUT2D eigenvalue weighted by atomic mass is 19.1. The summed E-state index contributed by atoms with van der Waals surface area (Å²) in [5, 5.41) is 11.0. The number of nitrogens with one attached hydrogen (secondary N) is 1. The second kappa shape index (κ2) is 6.83. The van der Waals surface area contributed by atoms with Crippen LogP contribution >= 0.6 is 0 Å². The molecule has 1 amide bonds. The highest BCUT2D eigenvalue weighted by Crippen LogP contribution is 2.32. The molecule has 1 N–H and O–H groups in total. The summed E-state index contributed by atoms with van der Waals surface area (Å²) < 4.78 is 15.4. The molecule has 0 fully saturated rings. The Labute approximate surface area is 166 Å². The summed E-state index contributed by atoms with van der Waals surface area (Å²) in [4.78, 5) is 12.3. The van der Waals surface area contributed by atoms with Gasteiger partial charge < -0.3 is 5.32 Å². The van der Waals surface area contributed by atoms with Gasteiger partial charge in [-0.1, -0.05) is 59.8 Å². The van der Waals surface area contributed by atoms with Gasteiger partial charge in [0.05, 0.1) is 6.20 Å². The fraction of sp³-hybridized carbons (Fsp3) is 0. The first kappa shape index (κ1) is 17.1. The van der Waals surface area contributed by atoms with Crippen LogP contribution in [0.25, 0.3) is 28.6 Å². The monoisotopic (exact) mass is 382 g/mol. The van der Waals surface area contributed by atoms with Crippen molar-refractivity contribution < 1.29 is 9.18 Å². The van der Waals surface area contributed by atoms with E-state index in [4.69, 9.17) is 0 Å². The number of carbonyl (C=O) groups is 1. The number of amides is 1. The van der Waals surface area contributed by atoms with E-state index in [1.807, 2.05) is 54.6 Å². The van der Waals surface area contributed by atoms with Crippen molar-refractivity contribution in [1.82, 2.24) is 15.0 Å². The van der Waals surface area contributed by atoms with Gasteiger partial charge >= 0.3 is 0 Å². The van der Waals surface area contributed by atoms with Crippen molar-refractivity contribution in [2.24, 2.45) is 0 Å². The number of carbonyl (C=O) groups excluding carboxylic acids is 1. The zero-order chi connectivity index (χ0) is 19.8. The summed E-state index contributed by atoms with van der Waals surface area (Å²) in [6.07, 6.45) is 3.55. The van der Waals surface area contributed by atoms with Gasteiger partial charge in [-0.2, -0.15) is 0 Å². The Balaban J connectivity index is 1.43. The third kappa shape index (κ3) is 3.10. The molecule has 5 nitrogen and oxygen atoms in total. The van der Waals surface area contributed by atoms with Crippen molar-refractivity contribution in [3.8, 4) is 16.9 Å². The van der Waals surface area contributed by atoms with E-state index in [9.17, 15) is 9.18 Å². The van der Waals surface area contributed by atoms with E-state index in [0.29, 0.717) is 17.0 Å². The number of halogens is 1. The lowest BCUT2D eigenvalue weighted by molar-refractivity contribution is -0.110. The lowest BCUT2D eigenvalue weighted by Gasteiger charge is -2.01. The Hall–Kier alpha value is -4.06. The summed E-state index contributed by atoms with van der Waals surface area (Å²) in [6.45, 7) is 0. The van der Waals surface area contributed by atoms with Crippen molar-refractivity contribution in [2.75, 3.05) is 5.32 Å². The number of hydrogen-bond acceptors (Lipinski definition) is 3. The highest BCUT2D eigenvalue weighted by Gasteiger charge is 2.23. The molecule has 29 heavy (non-hydrogen) atoms. The summed E-state index contributed by atoms with van der Waals surface area (Å²) in [5.41, 5.74) is 5.09. The van der Waals surface area contributed by atoms with Crippen molar-refractivity contribution in [1.29, 1.82) is 0 Å². The van der Waals surface area contributed by atoms with Crippen LogP contribution in [-0.2, 0) is 4.79 Å². The molecule has 1 aliphatic heterocycles. The van der Waals surface area contributed by atoms with Crippen LogP contribution in [0.5, 0.6) is 0 Å². The van der Waals surface area contributed by atoms with Gasteiger partial charge in [0.25, 0.3) is 5.91 Å². The van der Waals surface area contributed by atoms with Crippen molar-refractivity contribution in [3.63, 3.8) is 0 Å². The van der Waals surface area contributed by atoms with Crippen LogP contribution in [0.15, 0.2) is 79.0 Å². The lowest BCUT2D eigenvalue weighted by Crippen LogP contribution is -2.03. The minimum absolute atomic E-state index is 0.108. The number of anilines is 1. The van der Waals surface area contributed by atoms with Gasteiger partial charge in [-0.05, 0) is 29.8 Å². The van der Waals surface area contributed by atoms with E-state index >= 15 is 0 Å². The molecule has 4 aromatic rings. The molecule has 140 valence electrons. The van der Waals surface area contributed by atoms with Crippen molar-refractivity contribution in [3.05, 3.63) is 95.9 Å². The maximum Gasteiger partial charge on any atom is 0.256 e. The van der Waals surface area contributed by atoms with Crippen molar-refractivity contribution in [2.45, 2.75) is 0 Å². The number of hydrogen-bond donors (Lipinski definition) is 1. The van der Waals surface area contributed by atoms with Crippen LogP contribution < -0.4 is 5.32 Å². The smallest absolute Gasteiger partial charge is 0.256 e. The molecule has 0 spiro atoms. The maximum atomic E-state index is 13.9. The molecule has 0 saturated carbocycles. The first-order valence-electron chi connectivity index (χ1n) is 9.09. The van der Waals surface area contributed by atoms with Gasteiger partial charge in [-0.3, -0.25) is 4.79 Å². The molecular weight excluding hydrogens is 367 g/mol. The average molecular weight is 382 g/mol. The molecular formula is C23H15FN4O. The molecule has 0 unspecified atom stereocenters. The molecule has 0 aliphatic carbocycles. The summed E-state index contributed by atoms with van der Waals surface area (Å²) in [7, 11) is 0. The number of aromatic nitrogens is 3. The van der Waals surface area contributed by atoms with E-state index in [1.54, 1.807) is 24.4 Å². The third-order valence-electron chi connectivity index (χ3n) is 4.82. The second-order valence-corrected chi connectivity index (χ2v) is 6.68. The Morgan fingerprint density at radius 3 is 2.52 bits per heavy atom. The van der Waals surface area contributed by atoms with Crippen LogP contribution in [0.1, 0.15) is 11.1 Å². The predicted molar refractivity (Wildman–Crippen MR) is 110 cm³/mol. The third-order valence-corrected chi connectivity index (χ3v) is 4.82. The predicted octanol–water partition coefficient (Wildman–Crippen LogP) is 4.57. The van der Waals surface area contributed by atoms with E-state index in [2.05, 4.69) is 15.6 Å². The number of fused-ring (bicyclic) bond motifs is 1. The van der Waals surface area contributed by atoms with Gasteiger partial charge in [-0.25, -0.2) is 9.07 Å². The molecule has 2 heterocycles. The zero-order valence-corrected chi connectivity index (χ0v) is 15.2. The molecule has 0 radical (unpaired) electrons. The van der Waals surface area contributed by atoms with E-state index < -0.39 is 0 Å². The number of benzene rings is 3. The minimum atomic E-state index is -0.360. The van der Waals surface area contributed by atoms with Gasteiger partial charge in [0.15, 0.2) is 0 Å². The fourth-order valence-electron chi connectivity index (χ4n) is 3.35. The summed E-state index contributed by atoms with van der Waals surface area (Å²) in [6, 6.07) is 21.7. The first-order valence-corrected chi connectivity index (χ1v) is 9.09. The summed E-state index contributed by atoms with van der Waals surface area (Å²) >= 11 is 0. The molecule has 0 saturated heterocycles. The molecule has 1 aliphatic rings. The topological polar surface area (TPSA) is 59.8 Å². The lowest BCUT2D eigenvalue weighted by atomic mass is 10.0. The largest absolute Gasteiger partial charge is 0.321 e. The standard InChI is InChI=1S/C23H15FN4O/c24-19-6-2-4-8-22(19)28-14-21(26-27-28)16-11-9-15(10-12-16)13-18-17-5-1-3-7-20(17)25-23(18)29/h1-14H,(H,25,29). The quantitative estimate of drug-likeness (QED) is 0.528. The maximum absolute atomic E-state index is 13.9. The van der Waals surface area contributed by atoms with Crippen LogP contribution in [0.3, 0.4) is 0 Å². The Bertz CT molecular complexity index is 1260. The van der Waals surface area contributed by atoms with Crippen LogP contribution in [-0.4, -0.2) is 20.9 Å². The fourth-order valence-corrected chi connectivity index (χ4v) is 3.35. The normalized spacial score (nSPS) is 14.1. The Kier molecular flexibility index (Phi) is 4.02.